The molecule has 1 fully saturated rings. The maximum atomic E-state index is 12.4. The summed E-state index contributed by atoms with van der Waals surface area (Å²) in [5, 5.41) is 0. The first-order chi connectivity index (χ1) is 10.2. The number of hydrogen-bond donors (Lipinski definition) is 1. The van der Waals surface area contributed by atoms with E-state index in [0.29, 0.717) is 31.3 Å². The minimum absolute atomic E-state index is 0. The predicted molar refractivity (Wildman–Crippen MR) is 91.8 cm³/mol. The molecule has 0 unspecified atom stereocenters. The molecule has 2 N–H and O–H groups in total. The summed E-state index contributed by atoms with van der Waals surface area (Å²) in [4.78, 5) is 27.5. The summed E-state index contributed by atoms with van der Waals surface area (Å²) in [6.07, 6.45) is 0.765. The third kappa shape index (κ3) is 5.51. The van der Waals surface area contributed by atoms with Gasteiger partial charge in [-0.2, -0.15) is 0 Å². The summed E-state index contributed by atoms with van der Waals surface area (Å²) in [5.41, 5.74) is 6.64. The molecule has 0 radical (unpaired) electrons. The number of thioether (sulfide) groups is 1. The van der Waals surface area contributed by atoms with E-state index in [4.69, 9.17) is 5.73 Å². The molecule has 1 saturated heterocycles. The van der Waals surface area contributed by atoms with Crippen LogP contribution in [0.2, 0.25) is 0 Å². The molecule has 5 nitrogen and oxygen atoms in total. The molecule has 122 valence electrons. The van der Waals surface area contributed by atoms with Gasteiger partial charge in [0.1, 0.15) is 6.54 Å². The molecular weight excluding hydrogens is 322 g/mol. The normalized spacial score (nSPS) is 13.9. The van der Waals surface area contributed by atoms with E-state index in [-0.39, 0.29) is 30.8 Å². The highest BCUT2D eigenvalue weighted by Gasteiger charge is 2.25. The number of rotatable bonds is 7. The number of hydrogen-bond acceptors (Lipinski definition) is 4. The van der Waals surface area contributed by atoms with Crippen molar-refractivity contribution in [1.29, 1.82) is 0 Å². The first kappa shape index (κ1) is 18.8. The van der Waals surface area contributed by atoms with Crippen molar-refractivity contribution in [1.82, 2.24) is 9.80 Å². The highest BCUT2D eigenvalue weighted by Crippen LogP contribution is 2.15. The third-order valence-electron chi connectivity index (χ3n) is 3.35. The van der Waals surface area contributed by atoms with E-state index in [2.05, 4.69) is 0 Å². The van der Waals surface area contributed by atoms with Crippen molar-refractivity contribution < 1.29 is 9.59 Å². The smallest absolute Gasteiger partial charge is 0.242 e. The standard InChI is InChI=1S/C15H21N3O2S.ClH/c16-7-4-8-17(9-13-5-2-1-3-6-13)14(19)10-18-12-21-11-15(18)20;/h1-3,5-6H,4,7-12,16H2;1H. The maximum Gasteiger partial charge on any atom is 0.242 e. The quantitative estimate of drug-likeness (QED) is 0.810. The lowest BCUT2D eigenvalue weighted by Gasteiger charge is -2.25. The zero-order chi connectivity index (χ0) is 15.1. The summed E-state index contributed by atoms with van der Waals surface area (Å²) in [7, 11) is 0. The zero-order valence-corrected chi connectivity index (χ0v) is 14.1. The van der Waals surface area contributed by atoms with Gasteiger partial charge in [0, 0.05) is 13.1 Å². The van der Waals surface area contributed by atoms with E-state index in [1.54, 1.807) is 21.6 Å². The summed E-state index contributed by atoms with van der Waals surface area (Å²) < 4.78 is 0. The summed E-state index contributed by atoms with van der Waals surface area (Å²) >= 11 is 1.55. The highest BCUT2D eigenvalue weighted by atomic mass is 35.5. The molecule has 0 bridgehead atoms. The summed E-state index contributed by atoms with van der Waals surface area (Å²) in [6, 6.07) is 9.87. The Bertz CT molecular complexity index is 487. The number of carbonyl (C=O) groups is 2. The number of nitrogens with two attached hydrogens (primary N) is 1. The Morgan fingerprint density at radius 2 is 2.05 bits per heavy atom. The fourth-order valence-electron chi connectivity index (χ4n) is 2.18. The number of carbonyl (C=O) groups excluding carboxylic acids is 2. The van der Waals surface area contributed by atoms with Crippen LogP contribution in [0.3, 0.4) is 0 Å². The maximum absolute atomic E-state index is 12.4. The van der Waals surface area contributed by atoms with Crippen molar-refractivity contribution in [3.05, 3.63) is 35.9 Å². The van der Waals surface area contributed by atoms with Gasteiger partial charge in [0.15, 0.2) is 0 Å². The van der Waals surface area contributed by atoms with Crippen LogP contribution in [0.1, 0.15) is 12.0 Å². The largest absolute Gasteiger partial charge is 0.337 e. The first-order valence-corrected chi connectivity index (χ1v) is 8.23. The van der Waals surface area contributed by atoms with Crippen LogP contribution in [-0.4, -0.2) is 52.9 Å². The Morgan fingerprint density at radius 3 is 2.64 bits per heavy atom. The zero-order valence-electron chi connectivity index (χ0n) is 12.4. The molecule has 7 heteroatoms. The van der Waals surface area contributed by atoms with Crippen LogP contribution < -0.4 is 5.73 Å². The molecule has 1 aliphatic heterocycles. The van der Waals surface area contributed by atoms with Crippen LogP contribution in [0.15, 0.2) is 30.3 Å². The van der Waals surface area contributed by atoms with Crippen LogP contribution in [0.4, 0.5) is 0 Å². The van der Waals surface area contributed by atoms with Crippen LogP contribution in [0, 0.1) is 0 Å². The van der Waals surface area contributed by atoms with Gasteiger partial charge < -0.3 is 15.5 Å². The molecule has 1 heterocycles. The summed E-state index contributed by atoms with van der Waals surface area (Å²) in [5.74, 6) is 1.13. The van der Waals surface area contributed by atoms with Crippen LogP contribution in [0.25, 0.3) is 0 Å². The Kier molecular flexibility index (Phi) is 8.30. The molecule has 0 aliphatic carbocycles. The SMILES string of the molecule is Cl.NCCCN(Cc1ccccc1)C(=O)CN1CSCC1=O. The second-order valence-electron chi connectivity index (χ2n) is 5.01. The minimum Gasteiger partial charge on any atom is -0.337 e. The van der Waals surface area contributed by atoms with E-state index in [0.717, 1.165) is 12.0 Å². The van der Waals surface area contributed by atoms with Gasteiger partial charge in [-0.15, -0.1) is 24.2 Å². The van der Waals surface area contributed by atoms with Crippen LogP contribution in [0.5, 0.6) is 0 Å². The van der Waals surface area contributed by atoms with Gasteiger partial charge in [-0.3, -0.25) is 9.59 Å². The lowest BCUT2D eigenvalue weighted by molar-refractivity contribution is -0.138. The summed E-state index contributed by atoms with van der Waals surface area (Å²) in [6.45, 7) is 1.91. The van der Waals surface area contributed by atoms with Crippen molar-refractivity contribution in [2.75, 3.05) is 31.3 Å². The monoisotopic (exact) mass is 343 g/mol. The number of halogens is 1. The molecule has 2 amide bonds. The van der Waals surface area contributed by atoms with Crippen molar-refractivity contribution in [3.63, 3.8) is 0 Å². The van der Waals surface area contributed by atoms with Crippen molar-refractivity contribution >= 4 is 36.0 Å². The van der Waals surface area contributed by atoms with Crippen molar-refractivity contribution in [2.24, 2.45) is 5.73 Å². The molecule has 0 saturated carbocycles. The van der Waals surface area contributed by atoms with Crippen LogP contribution in [-0.2, 0) is 16.1 Å². The van der Waals surface area contributed by atoms with Gasteiger partial charge in [-0.25, -0.2) is 0 Å². The van der Waals surface area contributed by atoms with Gasteiger partial charge >= 0.3 is 0 Å². The van der Waals surface area contributed by atoms with Gasteiger partial charge in [0.25, 0.3) is 0 Å². The van der Waals surface area contributed by atoms with Gasteiger partial charge in [-0.05, 0) is 18.5 Å². The second kappa shape index (κ2) is 9.71. The molecule has 2 rings (SSSR count). The van der Waals surface area contributed by atoms with E-state index in [1.807, 2.05) is 30.3 Å². The molecule has 0 spiro atoms. The van der Waals surface area contributed by atoms with Gasteiger partial charge in [-0.1, -0.05) is 30.3 Å². The highest BCUT2D eigenvalue weighted by molar-refractivity contribution is 8.00. The fraction of sp³-hybridized carbons (Fsp3) is 0.467. The first-order valence-electron chi connectivity index (χ1n) is 7.08. The molecule has 1 aromatic carbocycles. The molecule has 22 heavy (non-hydrogen) atoms. The fourth-order valence-corrected chi connectivity index (χ4v) is 3.09. The molecule has 1 aromatic rings. The molecule has 0 aromatic heterocycles. The van der Waals surface area contributed by atoms with E-state index in [9.17, 15) is 9.59 Å². The molecular formula is C15H22ClN3O2S. The Morgan fingerprint density at radius 1 is 1.32 bits per heavy atom. The number of benzene rings is 1. The average Bonchev–Trinajstić information content (AvgIpc) is 2.89. The van der Waals surface area contributed by atoms with E-state index < -0.39 is 0 Å². The van der Waals surface area contributed by atoms with Crippen molar-refractivity contribution in [2.45, 2.75) is 13.0 Å². The lowest BCUT2D eigenvalue weighted by Crippen LogP contribution is -2.41. The Labute approximate surface area is 141 Å². The Hall–Kier alpha value is -1.24. The second-order valence-corrected chi connectivity index (χ2v) is 5.97. The lowest BCUT2D eigenvalue weighted by atomic mass is 10.2. The molecule has 1 aliphatic rings. The molecule has 0 atom stereocenters. The number of amides is 2. The third-order valence-corrected chi connectivity index (χ3v) is 4.30. The van der Waals surface area contributed by atoms with Gasteiger partial charge in [0.2, 0.25) is 11.8 Å². The van der Waals surface area contributed by atoms with Crippen LogP contribution >= 0.6 is 24.2 Å². The minimum atomic E-state index is -0.0110. The number of nitrogens with zero attached hydrogens (tertiary/aromatic N) is 2. The van der Waals surface area contributed by atoms with Crippen molar-refractivity contribution in [3.8, 4) is 0 Å². The topological polar surface area (TPSA) is 66.6 Å². The Balaban J connectivity index is 0.00000242. The van der Waals surface area contributed by atoms with E-state index >= 15 is 0 Å². The van der Waals surface area contributed by atoms with E-state index in [1.165, 1.54) is 0 Å². The van der Waals surface area contributed by atoms with Gasteiger partial charge in [0.05, 0.1) is 11.6 Å². The average molecular weight is 344 g/mol. The predicted octanol–water partition coefficient (Wildman–Crippen LogP) is 1.32.